The topological polar surface area (TPSA) is 69.6 Å². The van der Waals surface area contributed by atoms with Crippen molar-refractivity contribution in [1.29, 1.82) is 0 Å². The summed E-state index contributed by atoms with van der Waals surface area (Å²) in [6.07, 6.45) is 6.47. The molecule has 2 heterocycles. The molecule has 1 amide bonds. The first-order valence-corrected chi connectivity index (χ1v) is 9.19. The number of aliphatic hydroxyl groups excluding tert-OH is 1. The van der Waals surface area contributed by atoms with Gasteiger partial charge in [0.2, 0.25) is 11.9 Å². The number of rotatable bonds is 4. The van der Waals surface area contributed by atoms with Gasteiger partial charge in [-0.3, -0.25) is 4.79 Å². The second-order valence-electron chi connectivity index (χ2n) is 8.64. The molecule has 0 aromatic carbocycles. The number of amides is 1. The maximum atomic E-state index is 12.8. The Morgan fingerprint density at radius 2 is 2.16 bits per heavy atom. The highest BCUT2D eigenvalue weighted by atomic mass is 16.3. The van der Waals surface area contributed by atoms with Crippen LogP contribution in [-0.2, 0) is 16.6 Å². The van der Waals surface area contributed by atoms with Gasteiger partial charge in [0.1, 0.15) is 0 Å². The smallest absolute Gasteiger partial charge is 0.225 e. The molecular weight excluding hydrogens is 316 g/mol. The number of likely N-dealkylation sites (tertiary alicyclic amines) is 1. The number of hydrogen-bond acceptors (Lipinski definition) is 5. The molecule has 1 fully saturated rings. The first-order valence-electron chi connectivity index (χ1n) is 9.19. The lowest BCUT2D eigenvalue weighted by atomic mass is 9.77. The Kier molecular flexibility index (Phi) is 4.75. The Labute approximate surface area is 150 Å². The van der Waals surface area contributed by atoms with Crippen LogP contribution < -0.4 is 4.90 Å². The second kappa shape index (κ2) is 6.56. The number of piperidine rings is 1. The summed E-state index contributed by atoms with van der Waals surface area (Å²) >= 11 is 0. The number of carbonyl (C=O) groups is 1. The van der Waals surface area contributed by atoms with E-state index in [2.05, 4.69) is 4.98 Å². The fourth-order valence-corrected chi connectivity index (χ4v) is 4.07. The van der Waals surface area contributed by atoms with Gasteiger partial charge in [0.15, 0.2) is 0 Å². The first kappa shape index (κ1) is 18.1. The van der Waals surface area contributed by atoms with Crippen molar-refractivity contribution in [3.05, 3.63) is 17.5 Å². The van der Waals surface area contributed by atoms with Gasteiger partial charge in [-0.1, -0.05) is 13.8 Å². The standard InChI is InChI=1S/C19H30N4O2/c1-18(2,13-24)10-15(25)23-9-5-7-19(12-23)8-6-14-11-20-17(22(3)4)21-16(14)19/h11,24H,5-10,12-13H2,1-4H3. The average Bonchev–Trinajstić information content (AvgIpc) is 2.92. The lowest BCUT2D eigenvalue weighted by Crippen LogP contribution is -2.49. The molecule has 1 aliphatic carbocycles. The third kappa shape index (κ3) is 3.50. The van der Waals surface area contributed by atoms with E-state index in [1.54, 1.807) is 0 Å². The third-order valence-corrected chi connectivity index (χ3v) is 5.61. The van der Waals surface area contributed by atoms with Crippen molar-refractivity contribution >= 4 is 11.9 Å². The first-order chi connectivity index (χ1) is 11.8. The van der Waals surface area contributed by atoms with Gasteiger partial charge in [-0.25, -0.2) is 9.97 Å². The molecule has 6 nitrogen and oxygen atoms in total. The SMILES string of the molecule is CN(C)c1ncc2c(n1)C1(CCCN(C(=O)CC(C)(C)CO)C1)CC2. The van der Waals surface area contributed by atoms with Gasteiger partial charge in [0.25, 0.3) is 0 Å². The molecule has 1 spiro atoms. The minimum absolute atomic E-state index is 0.0275. The normalized spacial score (nSPS) is 23.0. The number of anilines is 1. The number of aliphatic hydroxyl groups is 1. The van der Waals surface area contributed by atoms with Crippen molar-refractivity contribution in [3.63, 3.8) is 0 Å². The van der Waals surface area contributed by atoms with Gasteiger partial charge in [0, 0.05) is 51.8 Å². The fraction of sp³-hybridized carbons (Fsp3) is 0.737. The predicted molar refractivity (Wildman–Crippen MR) is 97.7 cm³/mol. The van der Waals surface area contributed by atoms with E-state index in [1.807, 2.05) is 43.9 Å². The molecular formula is C19H30N4O2. The molecule has 3 rings (SSSR count). The number of carbonyl (C=O) groups excluding carboxylic acids is 1. The Balaban J connectivity index is 1.83. The van der Waals surface area contributed by atoms with Gasteiger partial charge in [-0.15, -0.1) is 0 Å². The zero-order valence-corrected chi connectivity index (χ0v) is 15.9. The Morgan fingerprint density at radius 1 is 1.40 bits per heavy atom. The van der Waals surface area contributed by atoms with Crippen LogP contribution in [0.5, 0.6) is 0 Å². The van der Waals surface area contributed by atoms with Gasteiger partial charge >= 0.3 is 0 Å². The number of aryl methyl sites for hydroxylation is 1. The summed E-state index contributed by atoms with van der Waals surface area (Å²) < 4.78 is 0. The Hall–Kier alpha value is -1.69. The van der Waals surface area contributed by atoms with Crippen LogP contribution in [0.1, 0.15) is 50.8 Å². The highest BCUT2D eigenvalue weighted by molar-refractivity contribution is 5.77. The molecule has 2 aliphatic rings. The van der Waals surface area contributed by atoms with E-state index in [-0.39, 0.29) is 23.3 Å². The largest absolute Gasteiger partial charge is 0.396 e. The number of hydrogen-bond donors (Lipinski definition) is 1. The van der Waals surface area contributed by atoms with Crippen molar-refractivity contribution < 1.29 is 9.90 Å². The maximum absolute atomic E-state index is 12.8. The molecule has 1 unspecified atom stereocenters. The summed E-state index contributed by atoms with van der Waals surface area (Å²) in [6.45, 7) is 5.45. The number of nitrogens with zero attached hydrogens (tertiary/aromatic N) is 4. The second-order valence-corrected chi connectivity index (χ2v) is 8.64. The molecule has 25 heavy (non-hydrogen) atoms. The molecule has 138 valence electrons. The van der Waals surface area contributed by atoms with Gasteiger partial charge in [0.05, 0.1) is 5.69 Å². The summed E-state index contributed by atoms with van der Waals surface area (Å²) in [6, 6.07) is 0. The summed E-state index contributed by atoms with van der Waals surface area (Å²) in [5, 5.41) is 9.47. The van der Waals surface area contributed by atoms with Crippen molar-refractivity contribution in [3.8, 4) is 0 Å². The van der Waals surface area contributed by atoms with Crippen LogP contribution in [0.3, 0.4) is 0 Å². The van der Waals surface area contributed by atoms with E-state index in [4.69, 9.17) is 4.98 Å². The number of fused-ring (bicyclic) bond motifs is 2. The van der Waals surface area contributed by atoms with E-state index < -0.39 is 0 Å². The molecule has 0 bridgehead atoms. The van der Waals surface area contributed by atoms with Crippen molar-refractivity contribution in [2.75, 3.05) is 38.7 Å². The summed E-state index contributed by atoms with van der Waals surface area (Å²) in [5.74, 6) is 0.887. The maximum Gasteiger partial charge on any atom is 0.225 e. The fourth-order valence-electron chi connectivity index (χ4n) is 4.07. The lowest BCUT2D eigenvalue weighted by Gasteiger charge is -2.41. The van der Waals surface area contributed by atoms with E-state index in [0.29, 0.717) is 6.42 Å². The minimum atomic E-state index is -0.366. The van der Waals surface area contributed by atoms with Crippen molar-refractivity contribution in [2.24, 2.45) is 5.41 Å². The zero-order chi connectivity index (χ0) is 18.2. The highest BCUT2D eigenvalue weighted by Gasteiger charge is 2.45. The Bertz CT molecular complexity index is 655. The van der Waals surface area contributed by atoms with Crippen molar-refractivity contribution in [2.45, 2.75) is 51.4 Å². The summed E-state index contributed by atoms with van der Waals surface area (Å²) in [7, 11) is 3.91. The van der Waals surface area contributed by atoms with E-state index >= 15 is 0 Å². The van der Waals surface area contributed by atoms with Crippen LogP contribution in [0.2, 0.25) is 0 Å². The van der Waals surface area contributed by atoms with Crippen LogP contribution in [0.4, 0.5) is 5.95 Å². The lowest BCUT2D eigenvalue weighted by molar-refractivity contribution is -0.136. The van der Waals surface area contributed by atoms with Crippen LogP contribution in [0, 0.1) is 5.41 Å². The predicted octanol–water partition coefficient (Wildman–Crippen LogP) is 1.76. The molecule has 0 radical (unpaired) electrons. The molecule has 1 N–H and O–H groups in total. The molecule has 1 aromatic rings. The van der Waals surface area contributed by atoms with Gasteiger partial charge in [-0.2, -0.15) is 0 Å². The molecule has 1 aromatic heterocycles. The van der Waals surface area contributed by atoms with E-state index in [0.717, 1.165) is 50.4 Å². The summed E-state index contributed by atoms with van der Waals surface area (Å²) in [5.41, 5.74) is 1.98. The highest BCUT2D eigenvalue weighted by Crippen LogP contribution is 2.44. The van der Waals surface area contributed by atoms with Gasteiger partial charge < -0.3 is 14.9 Å². The van der Waals surface area contributed by atoms with E-state index in [9.17, 15) is 9.90 Å². The average molecular weight is 346 g/mol. The van der Waals surface area contributed by atoms with Crippen LogP contribution in [0.25, 0.3) is 0 Å². The summed E-state index contributed by atoms with van der Waals surface area (Å²) in [4.78, 5) is 26.0. The van der Waals surface area contributed by atoms with Crippen LogP contribution in [-0.4, -0.2) is 59.7 Å². The molecule has 1 saturated heterocycles. The third-order valence-electron chi connectivity index (χ3n) is 5.61. The van der Waals surface area contributed by atoms with Crippen LogP contribution >= 0.6 is 0 Å². The van der Waals surface area contributed by atoms with E-state index in [1.165, 1.54) is 5.56 Å². The van der Waals surface area contributed by atoms with Crippen molar-refractivity contribution in [1.82, 2.24) is 14.9 Å². The molecule has 1 aliphatic heterocycles. The molecule has 6 heteroatoms. The zero-order valence-electron chi connectivity index (χ0n) is 15.9. The van der Waals surface area contributed by atoms with Crippen LogP contribution in [0.15, 0.2) is 6.20 Å². The Morgan fingerprint density at radius 3 is 2.84 bits per heavy atom. The number of aromatic nitrogens is 2. The quantitative estimate of drug-likeness (QED) is 0.900. The van der Waals surface area contributed by atoms with Gasteiger partial charge in [-0.05, 0) is 36.7 Å². The minimum Gasteiger partial charge on any atom is -0.396 e. The molecule has 0 saturated carbocycles. The monoisotopic (exact) mass is 346 g/mol. The molecule has 1 atom stereocenters.